The molecule has 0 aromatic rings. The average molecular weight is 190 g/mol. The third-order valence-electron chi connectivity index (χ3n) is 1.17. The summed E-state index contributed by atoms with van der Waals surface area (Å²) in [4.78, 5) is 20.6. The second-order valence-electron chi connectivity index (χ2n) is 1.97. The molecule has 1 aliphatic rings. The van der Waals surface area contributed by atoms with Crippen LogP contribution in [0.3, 0.4) is 0 Å². The van der Waals surface area contributed by atoms with E-state index in [0.717, 1.165) is 11.8 Å². The number of rotatable bonds is 2. The maximum Gasteiger partial charge on any atom is 0.372 e. The molecule has 0 unspecified atom stereocenters. The van der Waals surface area contributed by atoms with Gasteiger partial charge in [-0.25, -0.2) is 9.59 Å². The van der Waals surface area contributed by atoms with Crippen LogP contribution in [0.25, 0.3) is 0 Å². The monoisotopic (exact) mass is 190 g/mol. The van der Waals surface area contributed by atoms with Gasteiger partial charge >= 0.3 is 11.9 Å². The van der Waals surface area contributed by atoms with Gasteiger partial charge in [0, 0.05) is 5.75 Å². The first-order valence-electron chi connectivity index (χ1n) is 3.09. The van der Waals surface area contributed by atoms with E-state index in [9.17, 15) is 9.59 Å². The van der Waals surface area contributed by atoms with Crippen molar-refractivity contribution in [3.05, 3.63) is 10.7 Å². The molecule has 0 spiro atoms. The summed E-state index contributed by atoms with van der Waals surface area (Å²) in [5.41, 5.74) is 0. The molecule has 0 bridgehead atoms. The van der Waals surface area contributed by atoms with Crippen molar-refractivity contribution in [1.29, 1.82) is 0 Å². The van der Waals surface area contributed by atoms with E-state index in [1.54, 1.807) is 0 Å². The van der Waals surface area contributed by atoms with Gasteiger partial charge in [0.25, 0.3) is 0 Å². The van der Waals surface area contributed by atoms with E-state index in [4.69, 9.17) is 14.9 Å². The third kappa shape index (κ3) is 1.70. The van der Waals surface area contributed by atoms with E-state index in [0.29, 0.717) is 5.75 Å². The quantitative estimate of drug-likeness (QED) is 0.644. The Morgan fingerprint density at radius 2 is 2.00 bits per heavy atom. The lowest BCUT2D eigenvalue weighted by molar-refractivity contribution is -0.138. The van der Waals surface area contributed by atoms with Gasteiger partial charge in [0.15, 0.2) is 0 Å². The molecular weight excluding hydrogens is 184 g/mol. The number of hydrogen-bond acceptors (Lipinski definition) is 4. The summed E-state index contributed by atoms with van der Waals surface area (Å²) in [7, 11) is 0. The molecule has 1 rings (SSSR count). The van der Waals surface area contributed by atoms with Crippen LogP contribution in [0.4, 0.5) is 0 Å². The summed E-state index contributed by atoms with van der Waals surface area (Å²) in [6.07, 6.45) is 0. The molecular formula is C6H6O5S. The second-order valence-corrected chi connectivity index (χ2v) is 3.07. The lowest BCUT2D eigenvalue weighted by Gasteiger charge is -2.14. The Hall–Kier alpha value is -1.17. The average Bonchev–Trinajstić information content (AvgIpc) is 2.04. The first-order valence-corrected chi connectivity index (χ1v) is 4.08. The normalized spacial score (nSPS) is 17.0. The van der Waals surface area contributed by atoms with Crippen LogP contribution in [-0.2, 0) is 14.3 Å². The molecule has 0 aromatic heterocycles. The highest BCUT2D eigenvalue weighted by Crippen LogP contribution is 2.25. The van der Waals surface area contributed by atoms with E-state index in [1.165, 1.54) is 0 Å². The van der Waals surface area contributed by atoms with Crippen LogP contribution in [0.2, 0.25) is 0 Å². The van der Waals surface area contributed by atoms with E-state index in [-0.39, 0.29) is 11.5 Å². The fourth-order valence-electron chi connectivity index (χ4n) is 0.736. The Labute approximate surface area is 72.0 Å². The highest BCUT2D eigenvalue weighted by Gasteiger charge is 2.25. The number of hydrogen-bond donors (Lipinski definition) is 2. The molecule has 6 heteroatoms. The van der Waals surface area contributed by atoms with E-state index < -0.39 is 17.7 Å². The summed E-state index contributed by atoms with van der Waals surface area (Å²) >= 11 is 0.982. The molecule has 2 N–H and O–H groups in total. The predicted molar refractivity (Wildman–Crippen MR) is 40.7 cm³/mol. The van der Waals surface area contributed by atoms with Gasteiger partial charge < -0.3 is 14.9 Å². The van der Waals surface area contributed by atoms with Crippen LogP contribution in [0, 0.1) is 0 Å². The molecule has 0 saturated heterocycles. The largest absolute Gasteiger partial charge is 0.485 e. The molecule has 0 aromatic carbocycles. The van der Waals surface area contributed by atoms with Crippen LogP contribution >= 0.6 is 11.8 Å². The molecule has 0 fully saturated rings. The van der Waals surface area contributed by atoms with Crippen molar-refractivity contribution in [1.82, 2.24) is 0 Å². The van der Waals surface area contributed by atoms with Gasteiger partial charge in [-0.05, 0) is 0 Å². The van der Waals surface area contributed by atoms with Gasteiger partial charge in [-0.1, -0.05) is 0 Å². The summed E-state index contributed by atoms with van der Waals surface area (Å²) in [5.74, 6) is -2.58. The lowest BCUT2D eigenvalue weighted by atomic mass is 10.4. The van der Waals surface area contributed by atoms with Gasteiger partial charge in [-0.15, -0.1) is 11.8 Å². The Morgan fingerprint density at radius 3 is 2.42 bits per heavy atom. The van der Waals surface area contributed by atoms with Gasteiger partial charge in [-0.3, -0.25) is 0 Å². The topological polar surface area (TPSA) is 83.8 Å². The minimum absolute atomic E-state index is 0.228. The molecule has 1 heterocycles. The van der Waals surface area contributed by atoms with Crippen molar-refractivity contribution < 1.29 is 24.5 Å². The molecule has 0 saturated carbocycles. The summed E-state index contributed by atoms with van der Waals surface area (Å²) in [6, 6.07) is 0. The smallest absolute Gasteiger partial charge is 0.372 e. The maximum absolute atomic E-state index is 10.4. The van der Waals surface area contributed by atoms with E-state index in [2.05, 4.69) is 0 Å². The number of thioether (sulfide) groups is 1. The van der Waals surface area contributed by atoms with Crippen molar-refractivity contribution in [2.24, 2.45) is 0 Å². The number of aliphatic carboxylic acids is 2. The van der Waals surface area contributed by atoms with Crippen LogP contribution in [0.15, 0.2) is 10.7 Å². The second kappa shape index (κ2) is 3.48. The van der Waals surface area contributed by atoms with Crippen molar-refractivity contribution in [3.63, 3.8) is 0 Å². The van der Waals surface area contributed by atoms with Crippen LogP contribution in [-0.4, -0.2) is 34.5 Å². The Morgan fingerprint density at radius 1 is 1.33 bits per heavy atom. The number of carbonyl (C=O) groups is 2. The zero-order valence-corrected chi connectivity index (χ0v) is 6.76. The molecule has 1 aliphatic heterocycles. The molecule has 0 atom stereocenters. The highest BCUT2D eigenvalue weighted by atomic mass is 32.2. The lowest BCUT2D eigenvalue weighted by Crippen LogP contribution is -2.18. The predicted octanol–water partition coefficient (Wildman–Crippen LogP) is 0.131. The molecule has 12 heavy (non-hydrogen) atoms. The fraction of sp³-hybridized carbons (Fsp3) is 0.333. The first kappa shape index (κ1) is 8.92. The molecule has 0 radical (unpaired) electrons. The van der Waals surface area contributed by atoms with Gasteiger partial charge in [0.2, 0.25) is 5.76 Å². The summed E-state index contributed by atoms with van der Waals surface area (Å²) < 4.78 is 4.69. The molecule has 66 valence electrons. The number of carboxylic acid groups (broad SMARTS) is 2. The maximum atomic E-state index is 10.4. The van der Waals surface area contributed by atoms with Crippen LogP contribution in [0.1, 0.15) is 0 Å². The van der Waals surface area contributed by atoms with Crippen LogP contribution in [0.5, 0.6) is 0 Å². The van der Waals surface area contributed by atoms with Crippen molar-refractivity contribution in [3.8, 4) is 0 Å². The Balaban J connectivity index is 2.99. The standard InChI is InChI=1S/C6H6O5S/c7-5(8)3-4(6(9)10)12-2-1-11-3/h1-2H2,(H,7,8)(H,9,10). The molecule has 0 amide bonds. The van der Waals surface area contributed by atoms with E-state index in [1.807, 2.05) is 0 Å². The van der Waals surface area contributed by atoms with Crippen molar-refractivity contribution >= 4 is 23.7 Å². The Kier molecular flexibility index (Phi) is 2.59. The Bertz CT molecular complexity index is 231. The summed E-state index contributed by atoms with van der Waals surface area (Å²) in [6.45, 7) is 0.239. The molecule has 0 aliphatic carbocycles. The zero-order chi connectivity index (χ0) is 9.14. The minimum Gasteiger partial charge on any atom is -0.485 e. The third-order valence-corrected chi connectivity index (χ3v) is 2.19. The highest BCUT2D eigenvalue weighted by molar-refractivity contribution is 8.04. The SMILES string of the molecule is O=C(O)C1=C(C(=O)O)SCCO1. The fourth-order valence-corrected chi connectivity index (χ4v) is 1.51. The molecule has 5 nitrogen and oxygen atoms in total. The first-order chi connectivity index (χ1) is 5.63. The van der Waals surface area contributed by atoms with Crippen LogP contribution < -0.4 is 0 Å². The number of carboxylic acids is 2. The van der Waals surface area contributed by atoms with Crippen molar-refractivity contribution in [2.75, 3.05) is 12.4 Å². The van der Waals surface area contributed by atoms with Crippen molar-refractivity contribution in [2.45, 2.75) is 0 Å². The zero-order valence-electron chi connectivity index (χ0n) is 5.94. The van der Waals surface area contributed by atoms with Gasteiger partial charge in [-0.2, -0.15) is 0 Å². The van der Waals surface area contributed by atoms with Gasteiger partial charge in [0.05, 0.1) is 6.61 Å². The van der Waals surface area contributed by atoms with E-state index >= 15 is 0 Å². The summed E-state index contributed by atoms with van der Waals surface area (Å²) in [5, 5.41) is 17.0. The number of ether oxygens (including phenoxy) is 1. The van der Waals surface area contributed by atoms with Gasteiger partial charge in [0.1, 0.15) is 4.91 Å². The minimum atomic E-state index is -1.33.